The number of urea groups is 1. The van der Waals surface area contributed by atoms with E-state index >= 15 is 4.39 Å². The summed E-state index contributed by atoms with van der Waals surface area (Å²) in [6, 6.07) is 27.3. The number of hydrogen-bond acceptors (Lipinski definition) is 15. The van der Waals surface area contributed by atoms with E-state index in [0.29, 0.717) is 64.8 Å². The molecule has 1 aromatic heterocycles. The van der Waals surface area contributed by atoms with Crippen molar-refractivity contribution in [3.8, 4) is 12.1 Å². The Morgan fingerprint density at radius 3 is 2.56 bits per heavy atom. The first-order valence-electron chi connectivity index (χ1n) is 27.7. The van der Waals surface area contributed by atoms with Crippen molar-refractivity contribution < 1.29 is 37.3 Å². The normalized spacial score (nSPS) is 19.4. The molecule has 2 N–H and O–H groups in total. The fraction of sp³-hybridized carbons (Fsp3) is 0.492. The van der Waals surface area contributed by atoms with Crippen molar-refractivity contribution in [2.45, 2.75) is 94.8 Å². The zero-order valence-corrected chi connectivity index (χ0v) is 47.7. The molecule has 4 aromatic carbocycles. The first kappa shape index (κ1) is 58.3. The van der Waals surface area contributed by atoms with Crippen LogP contribution in [-0.2, 0) is 32.0 Å². The van der Waals surface area contributed by atoms with Crippen LogP contribution in [0.1, 0.15) is 81.7 Å². The third-order valence-electron chi connectivity index (χ3n) is 14.7. The highest BCUT2D eigenvalue weighted by Gasteiger charge is 2.49. The molecule has 80 heavy (non-hydrogen) atoms. The summed E-state index contributed by atoms with van der Waals surface area (Å²) >= 11 is 7.97. The number of hydrogen-bond donors (Lipinski definition) is 2. The molecule has 0 saturated carbocycles. The number of nitrogens with zero attached hydrogens (tertiary/aromatic N) is 9. The summed E-state index contributed by atoms with van der Waals surface area (Å²) in [6.07, 6.45) is 4.22. The van der Waals surface area contributed by atoms with Gasteiger partial charge >= 0.3 is 18.1 Å². The highest BCUT2D eigenvalue weighted by atomic mass is 35.5. The number of benzene rings is 4. The number of carbonyl (C=O) groups is 2. The Morgan fingerprint density at radius 2 is 1.76 bits per heavy atom. The smallest absolute Gasteiger partial charge is 0.407 e. The SMILES string of the molecule is CN(CCOCCOCCCN1CCC[C@H]1COc1nc2c(c(N3CCN[C@@H](CC#N)C3)n1)CCN(c1cccc3cccc(Cl)c13)C2)C(=O)N1N=C(c2cc(F)ccc2F)SC1(CCCNC(=O)OC(C)(C)C)c1ccccc1. The van der Waals surface area contributed by atoms with Crippen molar-refractivity contribution in [3.05, 3.63) is 124 Å². The second kappa shape index (κ2) is 27.0. The van der Waals surface area contributed by atoms with Crippen molar-refractivity contribution in [1.82, 2.24) is 35.4 Å². The van der Waals surface area contributed by atoms with Crippen LogP contribution in [0.4, 0.5) is 29.9 Å². The molecule has 21 heteroatoms. The number of likely N-dealkylation sites (N-methyl/N-ethyl adjacent to an activating group) is 1. The van der Waals surface area contributed by atoms with Gasteiger partial charge in [0.15, 0.2) is 0 Å². The molecule has 3 atom stereocenters. The molecule has 9 rings (SSSR count). The van der Waals surface area contributed by atoms with Crippen molar-refractivity contribution in [1.29, 1.82) is 5.26 Å². The Kier molecular flexibility index (Phi) is 19.6. The molecule has 426 valence electrons. The van der Waals surface area contributed by atoms with Crippen LogP contribution in [0.25, 0.3) is 10.8 Å². The lowest BCUT2D eigenvalue weighted by Crippen LogP contribution is -2.51. The lowest BCUT2D eigenvalue weighted by atomic mass is 10.0. The van der Waals surface area contributed by atoms with Crippen LogP contribution in [0, 0.1) is 23.0 Å². The Hall–Kier alpha value is -6.34. The zero-order valence-electron chi connectivity index (χ0n) is 46.1. The van der Waals surface area contributed by atoms with Crippen LogP contribution >= 0.6 is 23.4 Å². The Morgan fingerprint density at radius 1 is 0.963 bits per heavy atom. The van der Waals surface area contributed by atoms with Gasteiger partial charge < -0.3 is 44.3 Å². The summed E-state index contributed by atoms with van der Waals surface area (Å²) in [5.74, 6) is -0.407. The Bertz CT molecular complexity index is 3020. The molecule has 5 aromatic rings. The number of likely N-dealkylation sites (tertiary alicyclic amines) is 1. The minimum absolute atomic E-state index is 0.0511. The average Bonchev–Trinajstić information content (AvgIpc) is 4.08. The van der Waals surface area contributed by atoms with Gasteiger partial charge in [-0.2, -0.15) is 25.3 Å². The third-order valence-corrected chi connectivity index (χ3v) is 16.5. The Labute approximate surface area is 476 Å². The van der Waals surface area contributed by atoms with E-state index in [2.05, 4.69) is 60.8 Å². The van der Waals surface area contributed by atoms with Crippen molar-refractivity contribution in [2.24, 2.45) is 5.10 Å². The maximum atomic E-state index is 15.3. The second-order valence-electron chi connectivity index (χ2n) is 21.6. The Balaban J connectivity index is 0.759. The maximum absolute atomic E-state index is 15.3. The molecule has 2 saturated heterocycles. The number of nitriles is 1. The fourth-order valence-electron chi connectivity index (χ4n) is 10.8. The van der Waals surface area contributed by atoms with E-state index in [4.69, 9.17) is 40.5 Å². The quantitative estimate of drug-likeness (QED) is 0.0627. The molecule has 3 amide bonds. The van der Waals surface area contributed by atoms with Crippen molar-refractivity contribution in [2.75, 3.05) is 102 Å². The lowest BCUT2D eigenvalue weighted by molar-refractivity contribution is 0.0367. The van der Waals surface area contributed by atoms with Crippen molar-refractivity contribution in [3.63, 3.8) is 0 Å². The monoisotopic (exact) mass is 1140 g/mol. The zero-order chi connectivity index (χ0) is 56.2. The number of aromatic nitrogens is 2. The number of rotatable bonds is 22. The van der Waals surface area contributed by atoms with Gasteiger partial charge in [0.2, 0.25) is 0 Å². The number of amides is 3. The van der Waals surface area contributed by atoms with E-state index < -0.39 is 34.2 Å². The maximum Gasteiger partial charge on any atom is 0.407 e. The molecular weight excluding hydrogens is 1060 g/mol. The summed E-state index contributed by atoms with van der Waals surface area (Å²) in [4.78, 5) is 44.6. The molecule has 0 bridgehead atoms. The van der Waals surface area contributed by atoms with Gasteiger partial charge in [-0.15, -0.1) is 0 Å². The number of carbonyl (C=O) groups excluding carboxylic acids is 2. The van der Waals surface area contributed by atoms with Gasteiger partial charge in [-0.25, -0.2) is 18.4 Å². The number of piperazine rings is 1. The van der Waals surface area contributed by atoms with Crippen LogP contribution in [0.5, 0.6) is 6.01 Å². The number of halogens is 3. The summed E-state index contributed by atoms with van der Waals surface area (Å²) in [5.41, 5.74) is 3.14. The molecule has 0 radical (unpaired) electrons. The van der Waals surface area contributed by atoms with Gasteiger partial charge in [0.25, 0.3) is 0 Å². The van der Waals surface area contributed by atoms with Crippen LogP contribution in [-0.4, -0.2) is 152 Å². The molecule has 4 aliphatic heterocycles. The number of fused-ring (bicyclic) bond motifs is 2. The average molecular weight is 1140 g/mol. The second-order valence-corrected chi connectivity index (χ2v) is 23.2. The first-order chi connectivity index (χ1) is 38.7. The van der Waals surface area contributed by atoms with E-state index in [1.165, 1.54) is 21.7 Å². The van der Waals surface area contributed by atoms with Crippen LogP contribution in [0.2, 0.25) is 5.02 Å². The molecule has 4 aliphatic rings. The molecule has 2 fully saturated rings. The van der Waals surface area contributed by atoms with E-state index in [0.717, 1.165) is 121 Å². The van der Waals surface area contributed by atoms with Gasteiger partial charge in [-0.3, -0.25) is 4.90 Å². The first-order valence-corrected chi connectivity index (χ1v) is 28.9. The molecule has 0 spiro atoms. The molecule has 17 nitrogen and oxygen atoms in total. The number of thioether (sulfide) groups is 1. The summed E-state index contributed by atoms with van der Waals surface area (Å²) in [6.45, 7) is 13.1. The van der Waals surface area contributed by atoms with E-state index in [1.54, 1.807) is 27.8 Å². The van der Waals surface area contributed by atoms with Crippen LogP contribution in [0.15, 0.2) is 90.0 Å². The summed E-state index contributed by atoms with van der Waals surface area (Å²) < 4.78 is 53.8. The fourth-order valence-corrected chi connectivity index (χ4v) is 12.5. The highest BCUT2D eigenvalue weighted by molar-refractivity contribution is 8.15. The summed E-state index contributed by atoms with van der Waals surface area (Å²) in [7, 11) is 1.65. The van der Waals surface area contributed by atoms with Gasteiger partial charge in [0.05, 0.1) is 49.6 Å². The number of ether oxygens (including phenoxy) is 4. The topological polar surface area (TPSA) is 173 Å². The molecule has 5 heterocycles. The largest absolute Gasteiger partial charge is 0.462 e. The molecule has 0 aliphatic carbocycles. The van der Waals surface area contributed by atoms with Gasteiger partial charge in [-0.05, 0) is 107 Å². The number of anilines is 2. The lowest BCUT2D eigenvalue weighted by Gasteiger charge is -2.37. The number of alkyl carbamates (subject to hydrolysis) is 1. The molecular formula is C59H72ClF2N11O6S. The van der Waals surface area contributed by atoms with Crippen LogP contribution in [0.3, 0.4) is 0 Å². The van der Waals surface area contributed by atoms with Gasteiger partial charge in [-0.1, -0.05) is 78.0 Å². The highest BCUT2D eigenvalue weighted by Crippen LogP contribution is 2.51. The number of hydrazone groups is 1. The third kappa shape index (κ3) is 14.4. The molecule has 1 unspecified atom stereocenters. The summed E-state index contributed by atoms with van der Waals surface area (Å²) in [5, 5.41) is 24.8. The number of nitrogens with one attached hydrogen (secondary N) is 2. The van der Waals surface area contributed by atoms with Gasteiger partial charge in [0.1, 0.15) is 39.6 Å². The minimum Gasteiger partial charge on any atom is -0.462 e. The van der Waals surface area contributed by atoms with Crippen molar-refractivity contribution >= 4 is 62.8 Å². The van der Waals surface area contributed by atoms with Gasteiger partial charge in [0, 0.05) is 93.8 Å². The van der Waals surface area contributed by atoms with E-state index in [1.807, 2.05) is 42.5 Å². The van der Waals surface area contributed by atoms with E-state index in [-0.39, 0.29) is 42.4 Å². The standard InChI is InChI=1S/C59H72ClF2N11O6S/c1-58(2,3)79-56(74)65-26-11-24-59(42-15-6-5-7-16-42)73(68-54(80-59)47-37-43(61)20-21-49(47)62)57(75)69(4)32-34-77-36-35-76-33-12-29-70-28-10-17-45(70)40-78-55-66-50-39-71(51-19-9-14-41-13-8-18-48(60)52(41)51)30-23-46(50)53(67-55)72-31-27-64-44(38-72)22-25-63/h5-9,13-16,18-21,37,44-45,64H,10-12,17,22-24,26-36,38-40H2,1-4H3,(H,65,74)/t44-,45-,59?/m0/s1. The van der Waals surface area contributed by atoms with E-state index in [9.17, 15) is 19.2 Å². The van der Waals surface area contributed by atoms with Crippen LogP contribution < -0.4 is 25.2 Å². The minimum atomic E-state index is -1.17. The predicted molar refractivity (Wildman–Crippen MR) is 308 cm³/mol. The predicted octanol–water partition coefficient (Wildman–Crippen LogP) is 9.70.